The summed E-state index contributed by atoms with van der Waals surface area (Å²) in [6.07, 6.45) is 2.75. The first kappa shape index (κ1) is 27.4. The van der Waals surface area contributed by atoms with Gasteiger partial charge in [0.25, 0.3) is 0 Å². The van der Waals surface area contributed by atoms with E-state index in [-0.39, 0.29) is 40.0 Å². The molecule has 6 nitrogen and oxygen atoms in total. The monoisotopic (exact) mass is 561 g/mol. The molecule has 0 bridgehead atoms. The van der Waals surface area contributed by atoms with Gasteiger partial charge in [0.2, 0.25) is 11.8 Å². The van der Waals surface area contributed by atoms with Gasteiger partial charge in [0.05, 0.1) is 17.2 Å². The lowest BCUT2D eigenvalue weighted by atomic mass is 9.62. The minimum absolute atomic E-state index is 0.0629. The fourth-order valence-electron chi connectivity index (χ4n) is 6.66. The number of amides is 2. The number of hydrogen-bond donors (Lipinski definition) is 4. The first-order valence-corrected chi connectivity index (χ1v) is 14.0. The van der Waals surface area contributed by atoms with Gasteiger partial charge in [-0.1, -0.05) is 62.2 Å². The van der Waals surface area contributed by atoms with E-state index in [0.717, 1.165) is 0 Å². The molecule has 5 rings (SSSR count). The van der Waals surface area contributed by atoms with Crippen molar-refractivity contribution in [3.8, 4) is 0 Å². The highest BCUT2D eigenvalue weighted by Gasteiger charge is 2.66. The van der Waals surface area contributed by atoms with Crippen LogP contribution in [0.3, 0.4) is 0 Å². The number of anilines is 1. The molecule has 2 amide bonds. The highest BCUT2D eigenvalue weighted by molar-refractivity contribution is 6.31. The minimum atomic E-state index is -1.27. The Labute approximate surface area is 232 Å². The van der Waals surface area contributed by atoms with Gasteiger partial charge in [-0.05, 0) is 66.8 Å². The van der Waals surface area contributed by atoms with Gasteiger partial charge in [0, 0.05) is 28.7 Å². The van der Waals surface area contributed by atoms with Crippen LogP contribution in [0.25, 0.3) is 0 Å². The minimum Gasteiger partial charge on any atom is -0.393 e. The molecule has 2 aliphatic heterocycles. The van der Waals surface area contributed by atoms with Crippen molar-refractivity contribution < 1.29 is 19.1 Å². The summed E-state index contributed by atoms with van der Waals surface area (Å²) in [5.74, 6) is -2.09. The topological polar surface area (TPSA) is 90.5 Å². The van der Waals surface area contributed by atoms with Crippen LogP contribution in [0, 0.1) is 11.2 Å². The van der Waals surface area contributed by atoms with E-state index in [4.69, 9.17) is 23.2 Å². The SMILES string of the molecule is CC(C)(C)C[C@@H]1NC(C(=O)NC2CCC(O)CC2)[C@H](c2cccc(Cl)c2F)C12C(=O)Nc1cc(Cl)ccc12. The van der Waals surface area contributed by atoms with E-state index in [1.54, 1.807) is 24.3 Å². The standard InChI is InChI=1S/C29H34Cl2FN3O3/c1-28(2,3)14-22-29(19-12-7-15(30)13-21(19)34-27(29)38)23(18-5-4-6-20(31)24(18)32)25(35-22)26(37)33-16-8-10-17(36)11-9-16/h4-7,12-13,16-17,22-23,25,35-36H,8-11,14H2,1-3H3,(H,33,37)(H,34,38)/t16?,17?,22-,23-,25?,29?/m0/s1. The molecule has 9 heteroatoms. The van der Waals surface area contributed by atoms with Crippen molar-refractivity contribution >= 4 is 40.7 Å². The molecule has 2 unspecified atom stereocenters. The summed E-state index contributed by atoms with van der Waals surface area (Å²) < 4.78 is 15.8. The van der Waals surface area contributed by atoms with Crippen molar-refractivity contribution in [2.45, 2.75) is 88.4 Å². The number of fused-ring (bicyclic) bond motifs is 2. The van der Waals surface area contributed by atoms with Crippen LogP contribution in [0.1, 0.15) is 69.9 Å². The molecule has 0 radical (unpaired) electrons. The van der Waals surface area contributed by atoms with E-state index in [9.17, 15) is 14.7 Å². The van der Waals surface area contributed by atoms with E-state index in [1.807, 2.05) is 6.07 Å². The summed E-state index contributed by atoms with van der Waals surface area (Å²) in [7, 11) is 0. The van der Waals surface area contributed by atoms with E-state index in [1.165, 1.54) is 6.07 Å². The van der Waals surface area contributed by atoms with Crippen LogP contribution in [-0.2, 0) is 15.0 Å². The number of nitrogens with one attached hydrogen (secondary N) is 3. The van der Waals surface area contributed by atoms with Gasteiger partial charge in [-0.25, -0.2) is 4.39 Å². The predicted molar refractivity (Wildman–Crippen MR) is 147 cm³/mol. The molecule has 4 N–H and O–H groups in total. The van der Waals surface area contributed by atoms with Crippen LogP contribution in [-0.4, -0.2) is 41.2 Å². The number of benzene rings is 2. The Bertz CT molecular complexity index is 1260. The number of carbonyl (C=O) groups is 2. The molecule has 2 aromatic carbocycles. The molecular formula is C29H34Cl2FN3O3. The largest absolute Gasteiger partial charge is 0.393 e. The van der Waals surface area contributed by atoms with Gasteiger partial charge in [0.1, 0.15) is 11.2 Å². The number of hydrogen-bond acceptors (Lipinski definition) is 4. The zero-order chi connectivity index (χ0) is 27.4. The Morgan fingerprint density at radius 3 is 2.55 bits per heavy atom. The van der Waals surface area contributed by atoms with Gasteiger partial charge in [0.15, 0.2) is 0 Å². The third kappa shape index (κ3) is 4.72. The van der Waals surface area contributed by atoms with Crippen LogP contribution in [0.4, 0.5) is 10.1 Å². The van der Waals surface area contributed by atoms with Gasteiger partial charge >= 0.3 is 0 Å². The van der Waals surface area contributed by atoms with Crippen LogP contribution in [0.2, 0.25) is 10.0 Å². The summed E-state index contributed by atoms with van der Waals surface area (Å²) in [4.78, 5) is 28.1. The van der Waals surface area contributed by atoms with Gasteiger partial charge in [-0.15, -0.1) is 0 Å². The first-order chi connectivity index (χ1) is 17.9. The maximum absolute atomic E-state index is 15.8. The molecule has 4 atom stereocenters. The van der Waals surface area contributed by atoms with E-state index in [0.29, 0.717) is 48.4 Å². The summed E-state index contributed by atoms with van der Waals surface area (Å²) in [6.45, 7) is 6.23. The van der Waals surface area contributed by atoms with Crippen molar-refractivity contribution in [1.82, 2.24) is 10.6 Å². The molecule has 2 heterocycles. The van der Waals surface area contributed by atoms with Gasteiger partial charge < -0.3 is 21.1 Å². The highest BCUT2D eigenvalue weighted by atomic mass is 35.5. The van der Waals surface area contributed by atoms with Crippen LogP contribution in [0.15, 0.2) is 36.4 Å². The van der Waals surface area contributed by atoms with Gasteiger partial charge in [-0.3, -0.25) is 9.59 Å². The first-order valence-electron chi connectivity index (χ1n) is 13.2. The molecular weight excluding hydrogens is 528 g/mol. The highest BCUT2D eigenvalue weighted by Crippen LogP contribution is 2.57. The molecule has 1 saturated heterocycles. The fraction of sp³-hybridized carbons (Fsp3) is 0.517. The molecule has 1 saturated carbocycles. The molecule has 2 fully saturated rings. The average molecular weight is 563 g/mol. The second kappa shape index (κ2) is 10.1. The van der Waals surface area contributed by atoms with Gasteiger partial charge in [-0.2, -0.15) is 0 Å². The smallest absolute Gasteiger partial charge is 0.238 e. The lowest BCUT2D eigenvalue weighted by molar-refractivity contribution is -0.124. The second-order valence-corrected chi connectivity index (χ2v) is 13.0. The third-order valence-corrected chi connectivity index (χ3v) is 8.79. The number of rotatable bonds is 4. The zero-order valence-electron chi connectivity index (χ0n) is 21.8. The Hall–Kier alpha value is -2.19. The molecule has 1 spiro atoms. The molecule has 2 aromatic rings. The molecule has 3 aliphatic rings. The summed E-state index contributed by atoms with van der Waals surface area (Å²) in [6, 6.07) is 8.50. The quantitative estimate of drug-likeness (QED) is 0.407. The summed E-state index contributed by atoms with van der Waals surface area (Å²) in [5, 5.41) is 19.9. The fourth-order valence-corrected chi connectivity index (χ4v) is 7.02. The number of aliphatic hydroxyl groups excluding tert-OH is 1. The number of aliphatic hydroxyl groups is 1. The van der Waals surface area contributed by atoms with Crippen LogP contribution >= 0.6 is 23.2 Å². The maximum Gasteiger partial charge on any atom is 0.238 e. The molecule has 0 aromatic heterocycles. The van der Waals surface area contributed by atoms with E-state index < -0.39 is 29.2 Å². The Morgan fingerprint density at radius 1 is 1.16 bits per heavy atom. The zero-order valence-corrected chi connectivity index (χ0v) is 23.3. The molecule has 1 aliphatic carbocycles. The Balaban J connectivity index is 1.67. The number of carbonyl (C=O) groups excluding carboxylic acids is 2. The van der Waals surface area contributed by atoms with E-state index >= 15 is 4.39 Å². The predicted octanol–water partition coefficient (Wildman–Crippen LogP) is 5.30. The second-order valence-electron chi connectivity index (χ2n) is 12.1. The van der Waals surface area contributed by atoms with Crippen molar-refractivity contribution in [1.29, 1.82) is 0 Å². The molecule has 204 valence electrons. The molecule has 38 heavy (non-hydrogen) atoms. The van der Waals surface area contributed by atoms with Crippen LogP contribution in [0.5, 0.6) is 0 Å². The number of halogens is 3. The third-order valence-electron chi connectivity index (χ3n) is 8.26. The summed E-state index contributed by atoms with van der Waals surface area (Å²) >= 11 is 12.5. The van der Waals surface area contributed by atoms with E-state index in [2.05, 4.69) is 36.7 Å². The maximum atomic E-state index is 15.8. The van der Waals surface area contributed by atoms with Crippen molar-refractivity contribution in [2.75, 3.05) is 5.32 Å². The van der Waals surface area contributed by atoms with Crippen molar-refractivity contribution in [3.05, 3.63) is 63.4 Å². The lowest BCUT2D eigenvalue weighted by Gasteiger charge is -2.38. The Morgan fingerprint density at radius 2 is 1.87 bits per heavy atom. The average Bonchev–Trinajstić information content (AvgIpc) is 3.31. The van der Waals surface area contributed by atoms with Crippen molar-refractivity contribution in [3.63, 3.8) is 0 Å². The lowest BCUT2D eigenvalue weighted by Crippen LogP contribution is -2.50. The van der Waals surface area contributed by atoms with Crippen LogP contribution < -0.4 is 16.0 Å². The Kier molecular flexibility index (Phi) is 7.27. The normalized spacial score (nSPS) is 30.8. The summed E-state index contributed by atoms with van der Waals surface area (Å²) in [5.41, 5.74) is -0.00278. The van der Waals surface area contributed by atoms with Crippen molar-refractivity contribution in [2.24, 2.45) is 5.41 Å².